The van der Waals surface area contributed by atoms with E-state index in [4.69, 9.17) is 0 Å². The van der Waals surface area contributed by atoms with E-state index in [0.29, 0.717) is 5.69 Å². The number of hydrogen-bond acceptors (Lipinski definition) is 3. The van der Waals surface area contributed by atoms with Crippen LogP contribution in [0.3, 0.4) is 0 Å². The van der Waals surface area contributed by atoms with Crippen molar-refractivity contribution in [3.8, 4) is 11.3 Å². The highest BCUT2D eigenvalue weighted by Gasteiger charge is 2.40. The van der Waals surface area contributed by atoms with Crippen molar-refractivity contribution in [2.45, 2.75) is 31.3 Å². The van der Waals surface area contributed by atoms with E-state index in [0.717, 1.165) is 48.1 Å². The molecule has 0 saturated carbocycles. The number of nitrogens with zero attached hydrogens (tertiary/aromatic N) is 4. The molecule has 2 aliphatic heterocycles. The highest BCUT2D eigenvalue weighted by atomic mass is 19.1. The van der Waals surface area contributed by atoms with E-state index < -0.39 is 0 Å². The maximum absolute atomic E-state index is 13.5. The second-order valence-electron chi connectivity index (χ2n) is 6.47. The van der Waals surface area contributed by atoms with Gasteiger partial charge in [-0.3, -0.25) is 4.79 Å². The average Bonchev–Trinajstić information content (AvgIpc) is 3.15. The zero-order valence-electron chi connectivity index (χ0n) is 12.9. The summed E-state index contributed by atoms with van der Waals surface area (Å²) in [4.78, 5) is 17.8. The van der Waals surface area contributed by atoms with Crippen LogP contribution in [0.15, 0.2) is 36.5 Å². The molecule has 0 radical (unpaired) electrons. The van der Waals surface area contributed by atoms with Gasteiger partial charge in [0.25, 0.3) is 0 Å². The average molecular weight is 322 g/mol. The Morgan fingerprint density at radius 1 is 1.25 bits per heavy atom. The van der Waals surface area contributed by atoms with Gasteiger partial charge >= 0.3 is 0 Å². The third-order valence-corrected chi connectivity index (χ3v) is 5.20. The molecule has 2 bridgehead atoms. The Morgan fingerprint density at radius 3 is 3.00 bits per heavy atom. The Hall–Kier alpha value is -2.76. The Labute approximate surface area is 137 Å². The maximum Gasteiger partial charge on any atom is 0.210 e. The number of aromatic nitrogens is 3. The van der Waals surface area contributed by atoms with Crippen LogP contribution in [0, 0.1) is 5.82 Å². The molecule has 1 aromatic carbocycles. The van der Waals surface area contributed by atoms with Crippen LogP contribution in [0.5, 0.6) is 0 Å². The van der Waals surface area contributed by atoms with Crippen molar-refractivity contribution in [2.75, 3.05) is 0 Å². The van der Waals surface area contributed by atoms with Crippen LogP contribution in [-0.4, -0.2) is 31.9 Å². The monoisotopic (exact) mass is 322 g/mol. The van der Waals surface area contributed by atoms with Gasteiger partial charge < -0.3 is 4.90 Å². The first-order valence-electron chi connectivity index (χ1n) is 8.11. The fourth-order valence-electron chi connectivity index (χ4n) is 4.08. The number of benzene rings is 1. The Kier molecular flexibility index (Phi) is 2.77. The van der Waals surface area contributed by atoms with Crippen LogP contribution in [0.4, 0.5) is 4.39 Å². The predicted octanol–water partition coefficient (Wildman–Crippen LogP) is 2.75. The molecule has 0 spiro atoms. The number of carbonyl (C=O) groups is 1. The fourth-order valence-corrected chi connectivity index (χ4v) is 4.08. The van der Waals surface area contributed by atoms with Crippen LogP contribution in [-0.2, 0) is 11.2 Å². The molecule has 0 unspecified atom stereocenters. The highest BCUT2D eigenvalue weighted by Crippen LogP contribution is 2.42. The number of amides is 1. The first kappa shape index (κ1) is 13.7. The van der Waals surface area contributed by atoms with Gasteiger partial charge in [-0.25, -0.2) is 13.9 Å². The van der Waals surface area contributed by atoms with Gasteiger partial charge in [-0.1, -0.05) is 12.1 Å². The van der Waals surface area contributed by atoms with Gasteiger partial charge in [0, 0.05) is 35.9 Å². The molecule has 1 fully saturated rings. The smallest absolute Gasteiger partial charge is 0.210 e. The van der Waals surface area contributed by atoms with E-state index in [1.165, 1.54) is 12.1 Å². The van der Waals surface area contributed by atoms with Crippen molar-refractivity contribution in [3.05, 3.63) is 53.6 Å². The molecular weight excluding hydrogens is 307 g/mol. The molecule has 120 valence electrons. The highest BCUT2D eigenvalue weighted by molar-refractivity contribution is 5.64. The van der Waals surface area contributed by atoms with Crippen LogP contribution in [0.2, 0.25) is 0 Å². The Bertz CT molecular complexity index is 967. The fraction of sp³-hybridized carbons (Fsp3) is 0.278. The second kappa shape index (κ2) is 4.87. The summed E-state index contributed by atoms with van der Waals surface area (Å²) >= 11 is 0. The molecule has 4 heterocycles. The number of hydrogen-bond donors (Lipinski definition) is 0. The minimum Gasteiger partial charge on any atom is -0.335 e. The molecule has 3 aromatic rings. The summed E-state index contributed by atoms with van der Waals surface area (Å²) in [6.07, 6.45) is 5.59. The van der Waals surface area contributed by atoms with Crippen LogP contribution < -0.4 is 0 Å². The van der Waals surface area contributed by atoms with E-state index in [1.54, 1.807) is 6.07 Å². The predicted molar refractivity (Wildman–Crippen MR) is 85.8 cm³/mol. The van der Waals surface area contributed by atoms with Crippen molar-refractivity contribution in [2.24, 2.45) is 0 Å². The first-order chi connectivity index (χ1) is 11.7. The zero-order chi connectivity index (χ0) is 16.3. The number of halogens is 1. The lowest BCUT2D eigenvalue weighted by atomic mass is 10.00. The molecule has 24 heavy (non-hydrogen) atoms. The van der Waals surface area contributed by atoms with Crippen LogP contribution in [0.25, 0.3) is 16.9 Å². The lowest BCUT2D eigenvalue weighted by molar-refractivity contribution is -0.121. The molecule has 5 rings (SSSR count). The van der Waals surface area contributed by atoms with E-state index in [9.17, 15) is 9.18 Å². The van der Waals surface area contributed by atoms with Gasteiger partial charge in [-0.2, -0.15) is 5.10 Å². The summed E-state index contributed by atoms with van der Waals surface area (Å²) < 4.78 is 15.3. The van der Waals surface area contributed by atoms with Gasteiger partial charge in [-0.05, 0) is 25.0 Å². The summed E-state index contributed by atoms with van der Waals surface area (Å²) in [5, 5.41) is 4.67. The molecule has 2 aromatic heterocycles. The van der Waals surface area contributed by atoms with Crippen LogP contribution >= 0.6 is 0 Å². The molecule has 2 aliphatic rings. The zero-order valence-corrected chi connectivity index (χ0v) is 12.9. The third kappa shape index (κ3) is 1.82. The molecule has 1 saturated heterocycles. The molecule has 0 aliphatic carbocycles. The SMILES string of the molecule is O=CN1[C@H]2CC[C@@H]1c1cnc3cc(-c4cccc(F)c4)nn3c1C2. The van der Waals surface area contributed by atoms with Crippen LogP contribution in [0.1, 0.15) is 30.1 Å². The standard InChI is InChI=1S/C18H15FN4O/c19-12-3-1-2-11(6-12)15-8-18-20-9-14-16-5-4-13(22(16)10-24)7-17(14)23(18)21-15/h1-3,6,8-10,13,16H,4-5,7H2/t13-,16+/m0/s1. The molecule has 6 heteroatoms. The summed E-state index contributed by atoms with van der Waals surface area (Å²) in [5.41, 5.74) is 4.40. The Balaban J connectivity index is 1.68. The number of fused-ring (bicyclic) bond motifs is 6. The normalized spacial score (nSPS) is 22.0. The summed E-state index contributed by atoms with van der Waals surface area (Å²) in [7, 11) is 0. The van der Waals surface area contributed by atoms with Gasteiger partial charge in [0.2, 0.25) is 6.41 Å². The summed E-state index contributed by atoms with van der Waals surface area (Å²) in [6.45, 7) is 0. The van der Waals surface area contributed by atoms with Crippen molar-refractivity contribution in [1.29, 1.82) is 0 Å². The lowest BCUT2D eigenvalue weighted by Crippen LogP contribution is -2.37. The molecule has 0 N–H and O–H groups in total. The minimum absolute atomic E-state index is 0.106. The van der Waals surface area contributed by atoms with Crippen molar-refractivity contribution >= 4 is 12.1 Å². The topological polar surface area (TPSA) is 50.5 Å². The number of carbonyl (C=O) groups excluding carboxylic acids is 1. The van der Waals surface area contributed by atoms with Crippen molar-refractivity contribution in [1.82, 2.24) is 19.5 Å². The molecule has 5 nitrogen and oxygen atoms in total. The van der Waals surface area contributed by atoms with Gasteiger partial charge in [0.15, 0.2) is 5.65 Å². The quantitative estimate of drug-likeness (QED) is 0.682. The van der Waals surface area contributed by atoms with Gasteiger partial charge in [0.1, 0.15) is 5.82 Å². The first-order valence-corrected chi connectivity index (χ1v) is 8.11. The minimum atomic E-state index is -0.279. The second-order valence-corrected chi connectivity index (χ2v) is 6.47. The van der Waals surface area contributed by atoms with Crippen molar-refractivity contribution in [3.63, 3.8) is 0 Å². The molecular formula is C18H15FN4O. The molecule has 1 amide bonds. The summed E-state index contributed by atoms with van der Waals surface area (Å²) in [5.74, 6) is -0.279. The van der Waals surface area contributed by atoms with E-state index in [2.05, 4.69) is 10.1 Å². The van der Waals surface area contributed by atoms with E-state index >= 15 is 0 Å². The van der Waals surface area contributed by atoms with E-state index in [1.807, 2.05) is 27.7 Å². The third-order valence-electron chi connectivity index (χ3n) is 5.20. The maximum atomic E-state index is 13.5. The largest absolute Gasteiger partial charge is 0.335 e. The molecule has 2 atom stereocenters. The van der Waals surface area contributed by atoms with Crippen molar-refractivity contribution < 1.29 is 9.18 Å². The Morgan fingerprint density at radius 2 is 2.17 bits per heavy atom. The van der Waals surface area contributed by atoms with E-state index in [-0.39, 0.29) is 17.9 Å². The van der Waals surface area contributed by atoms with Gasteiger partial charge in [-0.15, -0.1) is 0 Å². The lowest BCUT2D eigenvalue weighted by Gasteiger charge is -2.33. The van der Waals surface area contributed by atoms with Gasteiger partial charge in [0.05, 0.1) is 17.4 Å². The number of rotatable bonds is 2. The summed E-state index contributed by atoms with van der Waals surface area (Å²) in [6, 6.07) is 8.65.